The van der Waals surface area contributed by atoms with Crippen LogP contribution in [-0.2, 0) is 4.94 Å². The van der Waals surface area contributed by atoms with Crippen molar-refractivity contribution in [3.63, 3.8) is 0 Å². The number of halogens is 3. The highest BCUT2D eigenvalue weighted by atomic mass is 35.5. The Morgan fingerprint density at radius 1 is 1.34 bits per heavy atom. The van der Waals surface area contributed by atoms with Crippen molar-refractivity contribution in [2.24, 2.45) is 0 Å². The van der Waals surface area contributed by atoms with E-state index in [-0.39, 0.29) is 21.9 Å². The molecule has 3 aromatic heterocycles. The van der Waals surface area contributed by atoms with Crippen molar-refractivity contribution >= 4 is 45.8 Å². The molecule has 0 saturated heterocycles. The molecule has 2 amide bonds. The number of nitrogens with zero attached hydrogens (tertiary/aromatic N) is 3. The van der Waals surface area contributed by atoms with Crippen LogP contribution < -0.4 is 10.6 Å². The Morgan fingerprint density at radius 2 is 2.14 bits per heavy atom. The molecule has 0 fully saturated rings. The van der Waals surface area contributed by atoms with Crippen LogP contribution in [0.2, 0.25) is 5.02 Å². The molecular weight excluding hydrogens is 410 g/mol. The predicted octanol–water partition coefficient (Wildman–Crippen LogP) is 3.46. The van der Waals surface area contributed by atoms with Gasteiger partial charge in [-0.25, -0.2) is 18.6 Å². The first-order chi connectivity index (χ1) is 13.9. The molecule has 1 aromatic carbocycles. The van der Waals surface area contributed by atoms with Crippen molar-refractivity contribution in [2.75, 3.05) is 12.4 Å². The van der Waals surface area contributed by atoms with Crippen LogP contribution in [0, 0.1) is 5.82 Å². The molecule has 0 unspecified atom stereocenters. The second-order valence-electron chi connectivity index (χ2n) is 5.92. The van der Waals surface area contributed by atoms with E-state index in [0.29, 0.717) is 22.0 Å². The molecule has 3 heterocycles. The predicted molar refractivity (Wildman–Crippen MR) is 99.8 cm³/mol. The number of amides is 2. The van der Waals surface area contributed by atoms with Gasteiger partial charge in [-0.3, -0.25) is 15.2 Å². The van der Waals surface area contributed by atoms with Gasteiger partial charge in [0.15, 0.2) is 11.6 Å². The molecule has 0 aliphatic carbocycles. The minimum absolute atomic E-state index is 0.0468. The molecule has 0 radical (unpaired) electrons. The van der Waals surface area contributed by atoms with E-state index in [4.69, 9.17) is 11.6 Å². The molecule has 0 aliphatic heterocycles. The molecule has 0 bridgehead atoms. The molecule has 4 rings (SSSR count). The van der Waals surface area contributed by atoms with Gasteiger partial charge in [-0.15, -0.1) is 5.10 Å². The molecule has 148 valence electrons. The summed E-state index contributed by atoms with van der Waals surface area (Å²) in [6.45, 7) is 0. The summed E-state index contributed by atoms with van der Waals surface area (Å²) in [5.41, 5.74) is 1.29. The average Bonchev–Trinajstić information content (AvgIpc) is 3.34. The van der Waals surface area contributed by atoms with Gasteiger partial charge in [0.25, 0.3) is 5.91 Å². The Hall–Kier alpha value is -3.73. The number of rotatable bonds is 3. The highest BCUT2D eigenvalue weighted by Gasteiger charge is 2.25. The van der Waals surface area contributed by atoms with Crippen molar-refractivity contribution in [2.45, 2.75) is 0 Å². The lowest BCUT2D eigenvalue weighted by Crippen LogP contribution is -2.20. The van der Waals surface area contributed by atoms with Crippen LogP contribution in [0.4, 0.5) is 19.5 Å². The van der Waals surface area contributed by atoms with E-state index in [0.717, 1.165) is 0 Å². The summed E-state index contributed by atoms with van der Waals surface area (Å²) < 4.78 is 28.2. The van der Waals surface area contributed by atoms with Crippen LogP contribution in [0.15, 0.2) is 30.6 Å². The Morgan fingerprint density at radius 3 is 2.86 bits per heavy atom. The zero-order chi connectivity index (χ0) is 20.7. The first-order valence-electron chi connectivity index (χ1n) is 8.10. The summed E-state index contributed by atoms with van der Waals surface area (Å²) in [6.07, 6.45) is 1.67. The van der Waals surface area contributed by atoms with E-state index >= 15 is 0 Å². The number of anilines is 1. The van der Waals surface area contributed by atoms with Gasteiger partial charge < -0.3 is 5.32 Å². The van der Waals surface area contributed by atoms with Crippen molar-refractivity contribution in [3.8, 4) is 11.1 Å². The van der Waals surface area contributed by atoms with Crippen LogP contribution in [-0.4, -0.2) is 38.9 Å². The molecule has 0 saturated carbocycles. The van der Waals surface area contributed by atoms with Crippen molar-refractivity contribution in [1.29, 1.82) is 0 Å². The summed E-state index contributed by atoms with van der Waals surface area (Å²) in [5.74, 6) is -1.49. The van der Waals surface area contributed by atoms with E-state index in [2.05, 4.69) is 30.9 Å². The number of hydrogen-bond donors (Lipinski definition) is 3. The fraction of sp³-hybridized carbons (Fsp3) is 0.0588. The van der Waals surface area contributed by atoms with Gasteiger partial charge in [-0.1, -0.05) is 11.6 Å². The van der Waals surface area contributed by atoms with E-state index in [1.807, 2.05) is 0 Å². The molecule has 12 heteroatoms. The molecule has 4 aromatic rings. The molecule has 29 heavy (non-hydrogen) atoms. The minimum atomic E-state index is -1.32. The minimum Gasteiger partial charge on any atom is -0.355 e. The SMILES string of the molecule is CNC(=O)c1c(F)c(Cl)c(-c2ccn3nc(NC(=O)OF)cc3c2)c2cn[nH]c12. The monoisotopic (exact) mass is 420 g/mol. The van der Waals surface area contributed by atoms with Crippen LogP contribution >= 0.6 is 11.6 Å². The third-order valence-corrected chi connectivity index (χ3v) is 4.65. The van der Waals surface area contributed by atoms with Gasteiger partial charge >= 0.3 is 6.09 Å². The van der Waals surface area contributed by atoms with E-state index < -0.39 is 17.8 Å². The van der Waals surface area contributed by atoms with Gasteiger partial charge in [-0.05, 0) is 17.7 Å². The number of aromatic amines is 1. The number of H-pyrrole nitrogens is 1. The van der Waals surface area contributed by atoms with Crippen LogP contribution in [0.5, 0.6) is 0 Å². The second kappa shape index (κ2) is 7.02. The maximum Gasteiger partial charge on any atom is 0.450 e. The van der Waals surface area contributed by atoms with Gasteiger partial charge in [-0.2, -0.15) is 5.10 Å². The maximum absolute atomic E-state index is 14.9. The first kappa shape index (κ1) is 18.6. The standard InChI is InChI=1S/C17H11ClF2N6O3/c1-21-16(27)12-14(19)13(18)11(9-6-22-24-15(9)12)7-2-3-26-8(4-7)5-10(25-26)23-17(28)29-20/h2-6H,1H3,(H,21,27)(H,22,24)(H,23,25,28). The van der Waals surface area contributed by atoms with Gasteiger partial charge in [0.05, 0.1) is 22.3 Å². The van der Waals surface area contributed by atoms with Gasteiger partial charge in [0.2, 0.25) is 0 Å². The molecule has 3 N–H and O–H groups in total. The number of nitrogens with one attached hydrogen (secondary N) is 3. The number of pyridine rings is 1. The quantitative estimate of drug-likeness (QED) is 0.469. The Kier molecular flexibility index (Phi) is 4.51. The lowest BCUT2D eigenvalue weighted by atomic mass is 9.98. The van der Waals surface area contributed by atoms with Crippen molar-refractivity contribution < 1.29 is 23.4 Å². The zero-order valence-corrected chi connectivity index (χ0v) is 15.3. The van der Waals surface area contributed by atoms with E-state index in [9.17, 15) is 18.5 Å². The fourth-order valence-electron chi connectivity index (χ4n) is 3.07. The van der Waals surface area contributed by atoms with Crippen LogP contribution in [0.25, 0.3) is 27.5 Å². The Bertz CT molecular complexity index is 1290. The number of fused-ring (bicyclic) bond motifs is 2. The van der Waals surface area contributed by atoms with Crippen molar-refractivity contribution in [3.05, 3.63) is 47.0 Å². The lowest BCUT2D eigenvalue weighted by Gasteiger charge is -2.12. The molecule has 9 nitrogen and oxygen atoms in total. The summed E-state index contributed by atoms with van der Waals surface area (Å²) in [5, 5.41) is 15.2. The molecule has 0 aliphatic rings. The maximum atomic E-state index is 14.9. The summed E-state index contributed by atoms with van der Waals surface area (Å²) in [7, 11) is 1.38. The number of hydrogen-bond acceptors (Lipinski definition) is 5. The third kappa shape index (κ3) is 3.01. The molecule has 0 spiro atoms. The lowest BCUT2D eigenvalue weighted by molar-refractivity contribution is -0.0544. The Labute approximate surface area is 165 Å². The summed E-state index contributed by atoms with van der Waals surface area (Å²) in [4.78, 5) is 26.1. The molecule has 0 atom stereocenters. The Balaban J connectivity index is 1.89. The van der Waals surface area contributed by atoms with Gasteiger partial charge in [0.1, 0.15) is 5.56 Å². The molecular formula is C17H11ClF2N6O3. The first-order valence-corrected chi connectivity index (χ1v) is 8.48. The topological polar surface area (TPSA) is 113 Å². The summed E-state index contributed by atoms with van der Waals surface area (Å²) in [6, 6.07) is 4.70. The average molecular weight is 421 g/mol. The van der Waals surface area contributed by atoms with Crippen molar-refractivity contribution in [1.82, 2.24) is 25.1 Å². The van der Waals surface area contributed by atoms with E-state index in [1.165, 1.54) is 23.8 Å². The number of carbonyl (C=O) groups is 2. The normalized spacial score (nSPS) is 11.0. The van der Waals surface area contributed by atoms with E-state index in [1.54, 1.807) is 18.3 Å². The van der Waals surface area contributed by atoms with Gasteiger partial charge in [0, 0.05) is 34.8 Å². The number of carbonyl (C=O) groups excluding carboxylic acids is 2. The second-order valence-corrected chi connectivity index (χ2v) is 6.30. The van der Waals surface area contributed by atoms with Crippen LogP contribution in [0.1, 0.15) is 10.4 Å². The largest absolute Gasteiger partial charge is 0.450 e. The zero-order valence-electron chi connectivity index (χ0n) is 14.6. The summed E-state index contributed by atoms with van der Waals surface area (Å²) >= 11 is 6.28. The smallest absolute Gasteiger partial charge is 0.355 e. The highest BCUT2D eigenvalue weighted by molar-refractivity contribution is 6.36. The highest BCUT2D eigenvalue weighted by Crippen LogP contribution is 2.39. The third-order valence-electron chi connectivity index (χ3n) is 4.30. The fourth-order valence-corrected chi connectivity index (χ4v) is 3.37. The van der Waals surface area contributed by atoms with Crippen LogP contribution in [0.3, 0.4) is 0 Å². The number of aromatic nitrogens is 4. The number of benzene rings is 1.